The first-order chi connectivity index (χ1) is 7.75. The van der Waals surface area contributed by atoms with Crippen molar-refractivity contribution in [2.24, 2.45) is 0 Å². The molecule has 1 aliphatic rings. The van der Waals surface area contributed by atoms with Crippen LogP contribution in [-0.4, -0.2) is 34.8 Å². The van der Waals surface area contributed by atoms with Crippen molar-refractivity contribution in [1.29, 1.82) is 0 Å². The third-order valence-corrected chi connectivity index (χ3v) is 2.72. The maximum atomic E-state index is 4.33. The van der Waals surface area contributed by atoms with Gasteiger partial charge < -0.3 is 10.6 Å². The van der Waals surface area contributed by atoms with Crippen molar-refractivity contribution in [2.75, 3.05) is 25.0 Å². The number of aryl methyl sites for hydroxylation is 2. The van der Waals surface area contributed by atoms with Gasteiger partial charge in [-0.2, -0.15) is 5.10 Å². The minimum atomic E-state index is 0.613. The Kier molecular flexibility index (Phi) is 3.46. The van der Waals surface area contributed by atoms with E-state index in [0.29, 0.717) is 5.95 Å². The highest BCUT2D eigenvalue weighted by Crippen LogP contribution is 2.06. The first-order valence-electron chi connectivity index (χ1n) is 5.56. The van der Waals surface area contributed by atoms with E-state index in [1.165, 1.54) is 5.57 Å². The summed E-state index contributed by atoms with van der Waals surface area (Å²) in [4.78, 5) is 4.33. The SMILES string of the molecule is Cc1nnc(NCC2=CCNCC2)nc1C. The summed E-state index contributed by atoms with van der Waals surface area (Å²) in [7, 11) is 0. The third kappa shape index (κ3) is 2.76. The fourth-order valence-corrected chi connectivity index (χ4v) is 1.55. The van der Waals surface area contributed by atoms with Crippen molar-refractivity contribution in [1.82, 2.24) is 20.5 Å². The van der Waals surface area contributed by atoms with Gasteiger partial charge in [0, 0.05) is 13.1 Å². The van der Waals surface area contributed by atoms with E-state index in [1.54, 1.807) is 0 Å². The Labute approximate surface area is 95.4 Å². The summed E-state index contributed by atoms with van der Waals surface area (Å²) >= 11 is 0. The van der Waals surface area contributed by atoms with Gasteiger partial charge >= 0.3 is 0 Å². The first kappa shape index (κ1) is 11.0. The number of rotatable bonds is 3. The standard InChI is InChI=1S/C11H17N5/c1-8-9(2)15-16-11(14-8)13-7-10-3-5-12-6-4-10/h3,12H,4-7H2,1-2H3,(H,13,14,16). The number of anilines is 1. The first-order valence-corrected chi connectivity index (χ1v) is 5.56. The molecule has 0 amide bonds. The molecule has 1 aromatic heterocycles. The van der Waals surface area contributed by atoms with Crippen LogP contribution in [0.3, 0.4) is 0 Å². The Morgan fingerprint density at radius 2 is 2.19 bits per heavy atom. The molecule has 16 heavy (non-hydrogen) atoms. The minimum Gasteiger partial charge on any atom is -0.349 e. The highest BCUT2D eigenvalue weighted by Gasteiger charge is 2.04. The van der Waals surface area contributed by atoms with Crippen LogP contribution in [0, 0.1) is 13.8 Å². The predicted molar refractivity (Wildman–Crippen MR) is 63.4 cm³/mol. The van der Waals surface area contributed by atoms with Crippen LogP contribution in [-0.2, 0) is 0 Å². The lowest BCUT2D eigenvalue weighted by molar-refractivity contribution is 0.697. The Bertz CT molecular complexity index is 399. The van der Waals surface area contributed by atoms with E-state index in [2.05, 4.69) is 31.9 Å². The number of hydrogen-bond acceptors (Lipinski definition) is 5. The molecule has 1 aromatic rings. The van der Waals surface area contributed by atoms with Gasteiger partial charge in [0.05, 0.1) is 11.4 Å². The Morgan fingerprint density at radius 3 is 2.88 bits per heavy atom. The minimum absolute atomic E-state index is 0.613. The molecule has 0 fully saturated rings. The predicted octanol–water partition coefficient (Wildman–Crippen LogP) is 0.820. The smallest absolute Gasteiger partial charge is 0.243 e. The van der Waals surface area contributed by atoms with Crippen molar-refractivity contribution in [3.05, 3.63) is 23.0 Å². The molecule has 0 saturated heterocycles. The van der Waals surface area contributed by atoms with Gasteiger partial charge in [0.25, 0.3) is 0 Å². The van der Waals surface area contributed by atoms with Crippen LogP contribution in [0.15, 0.2) is 11.6 Å². The molecule has 0 atom stereocenters. The van der Waals surface area contributed by atoms with Gasteiger partial charge in [-0.1, -0.05) is 11.6 Å². The second-order valence-electron chi connectivity index (χ2n) is 3.98. The third-order valence-electron chi connectivity index (χ3n) is 2.72. The number of nitrogens with zero attached hydrogens (tertiary/aromatic N) is 3. The van der Waals surface area contributed by atoms with Crippen LogP contribution in [0.5, 0.6) is 0 Å². The molecule has 0 bridgehead atoms. The molecule has 1 aliphatic heterocycles. The number of hydrogen-bond donors (Lipinski definition) is 2. The van der Waals surface area contributed by atoms with E-state index < -0.39 is 0 Å². The summed E-state index contributed by atoms with van der Waals surface area (Å²) in [5.41, 5.74) is 3.21. The average Bonchev–Trinajstić information content (AvgIpc) is 2.32. The van der Waals surface area contributed by atoms with Gasteiger partial charge in [-0.05, 0) is 26.8 Å². The average molecular weight is 219 g/mol. The molecule has 5 nitrogen and oxygen atoms in total. The normalized spacial score (nSPS) is 15.8. The lowest BCUT2D eigenvalue weighted by Crippen LogP contribution is -2.23. The molecule has 2 heterocycles. The topological polar surface area (TPSA) is 62.7 Å². The summed E-state index contributed by atoms with van der Waals surface area (Å²) in [6.45, 7) is 6.68. The Morgan fingerprint density at radius 1 is 1.31 bits per heavy atom. The zero-order valence-electron chi connectivity index (χ0n) is 9.75. The van der Waals surface area contributed by atoms with E-state index in [0.717, 1.165) is 37.4 Å². The molecular weight excluding hydrogens is 202 g/mol. The van der Waals surface area contributed by atoms with Crippen LogP contribution >= 0.6 is 0 Å². The van der Waals surface area contributed by atoms with Crippen LogP contribution in [0.2, 0.25) is 0 Å². The summed E-state index contributed by atoms with van der Waals surface area (Å²) in [5, 5.41) is 14.5. The summed E-state index contributed by atoms with van der Waals surface area (Å²) in [6, 6.07) is 0. The molecular formula is C11H17N5. The van der Waals surface area contributed by atoms with Crippen LogP contribution in [0.25, 0.3) is 0 Å². The molecule has 0 spiro atoms. The van der Waals surface area contributed by atoms with Gasteiger partial charge in [-0.25, -0.2) is 4.98 Å². The Hall–Kier alpha value is -1.49. The van der Waals surface area contributed by atoms with E-state index in [9.17, 15) is 0 Å². The van der Waals surface area contributed by atoms with Gasteiger partial charge in [0.1, 0.15) is 0 Å². The lowest BCUT2D eigenvalue weighted by atomic mass is 10.1. The largest absolute Gasteiger partial charge is 0.349 e. The zero-order valence-corrected chi connectivity index (χ0v) is 9.75. The highest BCUT2D eigenvalue weighted by atomic mass is 15.2. The molecule has 0 radical (unpaired) electrons. The molecule has 2 N–H and O–H groups in total. The number of nitrogens with one attached hydrogen (secondary N) is 2. The lowest BCUT2D eigenvalue weighted by Gasteiger charge is -2.14. The summed E-state index contributed by atoms with van der Waals surface area (Å²) in [5.74, 6) is 0.613. The van der Waals surface area contributed by atoms with Crippen molar-refractivity contribution < 1.29 is 0 Å². The molecule has 0 saturated carbocycles. The van der Waals surface area contributed by atoms with Crippen LogP contribution < -0.4 is 10.6 Å². The van der Waals surface area contributed by atoms with Crippen LogP contribution in [0.1, 0.15) is 17.8 Å². The second kappa shape index (κ2) is 5.03. The highest BCUT2D eigenvalue weighted by molar-refractivity contribution is 5.28. The van der Waals surface area contributed by atoms with Crippen molar-refractivity contribution in [3.63, 3.8) is 0 Å². The fraction of sp³-hybridized carbons (Fsp3) is 0.545. The van der Waals surface area contributed by atoms with Gasteiger partial charge in [-0.3, -0.25) is 0 Å². The summed E-state index contributed by atoms with van der Waals surface area (Å²) < 4.78 is 0. The maximum absolute atomic E-state index is 4.33. The van der Waals surface area contributed by atoms with E-state index in [4.69, 9.17) is 0 Å². The zero-order chi connectivity index (χ0) is 11.4. The van der Waals surface area contributed by atoms with E-state index in [1.807, 2.05) is 13.8 Å². The molecule has 0 aliphatic carbocycles. The van der Waals surface area contributed by atoms with Crippen LogP contribution in [0.4, 0.5) is 5.95 Å². The number of aromatic nitrogens is 3. The van der Waals surface area contributed by atoms with Gasteiger partial charge in [0.2, 0.25) is 5.95 Å². The van der Waals surface area contributed by atoms with E-state index >= 15 is 0 Å². The quantitative estimate of drug-likeness (QED) is 0.737. The second-order valence-corrected chi connectivity index (χ2v) is 3.98. The molecule has 0 aromatic carbocycles. The fourth-order valence-electron chi connectivity index (χ4n) is 1.55. The summed E-state index contributed by atoms with van der Waals surface area (Å²) in [6.07, 6.45) is 3.30. The molecule has 5 heteroatoms. The Balaban J connectivity index is 1.94. The van der Waals surface area contributed by atoms with Gasteiger partial charge in [-0.15, -0.1) is 5.10 Å². The molecule has 86 valence electrons. The van der Waals surface area contributed by atoms with Crippen molar-refractivity contribution in [2.45, 2.75) is 20.3 Å². The molecule has 2 rings (SSSR count). The van der Waals surface area contributed by atoms with Crippen molar-refractivity contribution >= 4 is 5.95 Å². The molecule has 0 unspecified atom stereocenters. The van der Waals surface area contributed by atoms with E-state index in [-0.39, 0.29) is 0 Å². The van der Waals surface area contributed by atoms with Gasteiger partial charge in [0.15, 0.2) is 0 Å². The monoisotopic (exact) mass is 219 g/mol. The maximum Gasteiger partial charge on any atom is 0.243 e. The van der Waals surface area contributed by atoms with Crippen molar-refractivity contribution in [3.8, 4) is 0 Å².